The minimum absolute atomic E-state index is 0.168. The summed E-state index contributed by atoms with van der Waals surface area (Å²) in [6, 6.07) is 2.22. The zero-order chi connectivity index (χ0) is 11.0. The van der Waals surface area contributed by atoms with Crippen LogP contribution in [0.4, 0.5) is 8.78 Å². The monoisotopic (exact) mass is 212 g/mol. The summed E-state index contributed by atoms with van der Waals surface area (Å²) < 4.78 is 26.0. The molecule has 0 saturated carbocycles. The quantitative estimate of drug-likeness (QED) is 0.725. The fourth-order valence-corrected chi connectivity index (χ4v) is 1.73. The number of hydrogen-bond donors (Lipinski definition) is 2. The van der Waals surface area contributed by atoms with Crippen LogP contribution in [0.2, 0.25) is 0 Å². The Kier molecular flexibility index (Phi) is 2.40. The number of halogens is 2. The Balaban J connectivity index is 2.33. The molecule has 0 spiro atoms. The van der Waals surface area contributed by atoms with Gasteiger partial charge in [-0.1, -0.05) is 6.07 Å². The summed E-state index contributed by atoms with van der Waals surface area (Å²) in [5.41, 5.74) is 5.90. The van der Waals surface area contributed by atoms with Crippen molar-refractivity contribution >= 4 is 5.91 Å². The first kappa shape index (κ1) is 10.0. The summed E-state index contributed by atoms with van der Waals surface area (Å²) in [5.74, 6) is -1.54. The Bertz CT molecular complexity index is 408. The maximum absolute atomic E-state index is 13.4. The second kappa shape index (κ2) is 3.58. The number of carbonyl (C=O) groups excluding carboxylic acids is 1. The van der Waals surface area contributed by atoms with Crippen molar-refractivity contribution in [3.8, 4) is 0 Å². The zero-order valence-electron chi connectivity index (χ0n) is 7.84. The molecule has 15 heavy (non-hydrogen) atoms. The van der Waals surface area contributed by atoms with Crippen LogP contribution in [0.5, 0.6) is 0 Å². The molecule has 3 nitrogen and oxygen atoms in total. The van der Waals surface area contributed by atoms with Crippen molar-refractivity contribution in [3.63, 3.8) is 0 Å². The standard InChI is InChI=1S/C10H10F2N2O/c11-5-1-2-6(7(12)3-5)10-8(13)4-9(15)14-10/h1-3,8,10H,4,13H2,(H,14,15)/t8-,10+/m0/s1. The Labute approximate surface area is 85.3 Å². The van der Waals surface area contributed by atoms with Gasteiger partial charge in [0.25, 0.3) is 0 Å². The van der Waals surface area contributed by atoms with E-state index in [2.05, 4.69) is 5.32 Å². The van der Waals surface area contributed by atoms with E-state index >= 15 is 0 Å². The molecule has 0 radical (unpaired) electrons. The first-order chi connectivity index (χ1) is 7.08. The highest BCUT2D eigenvalue weighted by atomic mass is 19.1. The fourth-order valence-electron chi connectivity index (χ4n) is 1.73. The van der Waals surface area contributed by atoms with Crippen molar-refractivity contribution in [2.45, 2.75) is 18.5 Å². The Morgan fingerprint density at radius 2 is 2.13 bits per heavy atom. The van der Waals surface area contributed by atoms with Crippen LogP contribution in [0.3, 0.4) is 0 Å². The molecule has 1 fully saturated rings. The molecular formula is C10H10F2N2O. The second-order valence-corrected chi connectivity index (χ2v) is 3.58. The zero-order valence-corrected chi connectivity index (χ0v) is 7.84. The van der Waals surface area contributed by atoms with Crippen LogP contribution in [-0.4, -0.2) is 11.9 Å². The molecule has 0 aliphatic carbocycles. The van der Waals surface area contributed by atoms with Crippen LogP contribution >= 0.6 is 0 Å². The van der Waals surface area contributed by atoms with Crippen LogP contribution < -0.4 is 11.1 Å². The molecule has 0 bridgehead atoms. The van der Waals surface area contributed by atoms with E-state index in [0.717, 1.165) is 12.1 Å². The number of hydrogen-bond acceptors (Lipinski definition) is 2. The maximum Gasteiger partial charge on any atom is 0.222 e. The molecule has 0 unspecified atom stereocenters. The molecule has 1 aliphatic heterocycles. The van der Waals surface area contributed by atoms with E-state index in [1.54, 1.807) is 0 Å². The predicted octanol–water partition coefficient (Wildman–Crippen LogP) is 0.853. The molecule has 5 heteroatoms. The molecule has 1 saturated heterocycles. The smallest absolute Gasteiger partial charge is 0.222 e. The van der Waals surface area contributed by atoms with E-state index in [0.29, 0.717) is 0 Å². The molecule has 2 rings (SSSR count). The van der Waals surface area contributed by atoms with Gasteiger partial charge in [-0.15, -0.1) is 0 Å². The van der Waals surface area contributed by atoms with E-state index in [9.17, 15) is 13.6 Å². The summed E-state index contributed by atoms with van der Waals surface area (Å²) in [5, 5.41) is 2.55. The SMILES string of the molecule is N[C@H]1CC(=O)N[C@@H]1c1ccc(F)cc1F. The third-order valence-corrected chi connectivity index (χ3v) is 2.46. The van der Waals surface area contributed by atoms with Gasteiger partial charge in [-0.25, -0.2) is 8.78 Å². The Morgan fingerprint density at radius 3 is 2.67 bits per heavy atom. The third-order valence-electron chi connectivity index (χ3n) is 2.46. The topological polar surface area (TPSA) is 55.1 Å². The van der Waals surface area contributed by atoms with Gasteiger partial charge in [-0.2, -0.15) is 0 Å². The van der Waals surface area contributed by atoms with Crippen LogP contribution in [0.1, 0.15) is 18.0 Å². The van der Waals surface area contributed by atoms with Gasteiger partial charge in [0.15, 0.2) is 0 Å². The van der Waals surface area contributed by atoms with Gasteiger partial charge < -0.3 is 11.1 Å². The molecule has 1 amide bonds. The molecule has 1 aliphatic rings. The van der Waals surface area contributed by atoms with E-state index in [4.69, 9.17) is 5.73 Å². The fraction of sp³-hybridized carbons (Fsp3) is 0.300. The Morgan fingerprint density at radius 1 is 1.40 bits per heavy atom. The van der Waals surface area contributed by atoms with E-state index in [-0.39, 0.29) is 17.9 Å². The summed E-state index contributed by atoms with van der Waals surface area (Å²) >= 11 is 0. The van der Waals surface area contributed by atoms with Gasteiger partial charge in [-0.05, 0) is 6.07 Å². The van der Waals surface area contributed by atoms with Gasteiger partial charge in [0.2, 0.25) is 5.91 Å². The average molecular weight is 212 g/mol. The van der Waals surface area contributed by atoms with Gasteiger partial charge in [0.05, 0.1) is 6.04 Å². The first-order valence-electron chi connectivity index (χ1n) is 4.58. The maximum atomic E-state index is 13.4. The lowest BCUT2D eigenvalue weighted by Gasteiger charge is -2.15. The average Bonchev–Trinajstić information content (AvgIpc) is 2.45. The van der Waals surface area contributed by atoms with Gasteiger partial charge in [0.1, 0.15) is 11.6 Å². The van der Waals surface area contributed by atoms with Crippen LogP contribution in [0.15, 0.2) is 18.2 Å². The molecule has 80 valence electrons. The number of amides is 1. The minimum atomic E-state index is -0.683. The highest BCUT2D eigenvalue weighted by Gasteiger charge is 2.32. The van der Waals surface area contributed by atoms with Gasteiger partial charge in [-0.3, -0.25) is 4.79 Å². The van der Waals surface area contributed by atoms with E-state index < -0.39 is 23.7 Å². The lowest BCUT2D eigenvalue weighted by molar-refractivity contribution is -0.119. The third kappa shape index (κ3) is 1.83. The van der Waals surface area contributed by atoms with Gasteiger partial charge >= 0.3 is 0 Å². The van der Waals surface area contributed by atoms with Gasteiger partial charge in [0, 0.05) is 24.1 Å². The lowest BCUT2D eigenvalue weighted by atomic mass is 10.0. The molecule has 0 aromatic heterocycles. The van der Waals surface area contributed by atoms with Crippen LogP contribution in [-0.2, 0) is 4.79 Å². The number of carbonyl (C=O) groups is 1. The number of nitrogens with one attached hydrogen (secondary N) is 1. The number of nitrogens with two attached hydrogens (primary N) is 1. The highest BCUT2D eigenvalue weighted by molar-refractivity contribution is 5.80. The molecule has 1 aromatic rings. The summed E-state index contributed by atoms with van der Waals surface area (Å²) in [4.78, 5) is 11.0. The molecule has 2 atom stereocenters. The van der Waals surface area contributed by atoms with Crippen molar-refractivity contribution in [1.82, 2.24) is 5.32 Å². The second-order valence-electron chi connectivity index (χ2n) is 3.58. The normalized spacial score (nSPS) is 25.4. The van der Waals surface area contributed by atoms with Crippen molar-refractivity contribution in [1.29, 1.82) is 0 Å². The van der Waals surface area contributed by atoms with Crippen molar-refractivity contribution in [2.24, 2.45) is 5.73 Å². The molecule has 1 heterocycles. The largest absolute Gasteiger partial charge is 0.348 e. The molecule has 1 aromatic carbocycles. The number of benzene rings is 1. The highest BCUT2D eigenvalue weighted by Crippen LogP contribution is 2.25. The molecular weight excluding hydrogens is 202 g/mol. The van der Waals surface area contributed by atoms with Crippen LogP contribution in [0, 0.1) is 11.6 Å². The summed E-state index contributed by atoms with van der Waals surface area (Å²) in [6.45, 7) is 0. The van der Waals surface area contributed by atoms with E-state index in [1.807, 2.05) is 0 Å². The van der Waals surface area contributed by atoms with Crippen molar-refractivity contribution in [3.05, 3.63) is 35.4 Å². The van der Waals surface area contributed by atoms with Crippen molar-refractivity contribution in [2.75, 3.05) is 0 Å². The predicted molar refractivity (Wildman–Crippen MR) is 49.8 cm³/mol. The van der Waals surface area contributed by atoms with E-state index in [1.165, 1.54) is 6.07 Å². The first-order valence-corrected chi connectivity index (χ1v) is 4.58. The van der Waals surface area contributed by atoms with Crippen molar-refractivity contribution < 1.29 is 13.6 Å². The molecule has 3 N–H and O–H groups in total. The summed E-state index contributed by atoms with van der Waals surface area (Å²) in [6.07, 6.45) is 0.168. The lowest BCUT2D eigenvalue weighted by Crippen LogP contribution is -2.29. The van der Waals surface area contributed by atoms with Crippen LogP contribution in [0.25, 0.3) is 0 Å². The number of rotatable bonds is 1. The summed E-state index contributed by atoms with van der Waals surface area (Å²) in [7, 11) is 0. The Hall–Kier alpha value is -1.49. The minimum Gasteiger partial charge on any atom is -0.348 e.